The van der Waals surface area contributed by atoms with E-state index in [1.807, 2.05) is 6.92 Å². The van der Waals surface area contributed by atoms with E-state index < -0.39 is 5.60 Å². The van der Waals surface area contributed by atoms with Crippen LogP contribution in [0.3, 0.4) is 0 Å². The fourth-order valence-electron chi connectivity index (χ4n) is 1.44. The second kappa shape index (κ2) is 5.81. The molecule has 0 atom stereocenters. The van der Waals surface area contributed by atoms with Gasteiger partial charge in [0.25, 0.3) is 0 Å². The van der Waals surface area contributed by atoms with Gasteiger partial charge in [-0.3, -0.25) is 0 Å². The molecule has 0 fully saturated rings. The first-order valence-corrected chi connectivity index (χ1v) is 5.89. The first kappa shape index (κ1) is 14.4. The van der Waals surface area contributed by atoms with Gasteiger partial charge in [-0.1, -0.05) is 6.92 Å². The lowest BCUT2D eigenvalue weighted by Crippen LogP contribution is -2.37. The van der Waals surface area contributed by atoms with Crippen molar-refractivity contribution >= 4 is 11.9 Å². The number of rotatable bonds is 6. The summed E-state index contributed by atoms with van der Waals surface area (Å²) in [7, 11) is 1.77. The molecular formula is C11H21N5O2. The van der Waals surface area contributed by atoms with E-state index in [9.17, 15) is 5.11 Å². The molecule has 0 aromatic carbocycles. The number of hydrogen-bond donors (Lipinski definition) is 2. The molecule has 1 aromatic heterocycles. The minimum atomic E-state index is -0.847. The molecule has 1 heterocycles. The number of hydrogen-bond acceptors (Lipinski definition) is 7. The van der Waals surface area contributed by atoms with E-state index in [0.717, 1.165) is 6.42 Å². The van der Waals surface area contributed by atoms with Gasteiger partial charge in [0.15, 0.2) is 0 Å². The highest BCUT2D eigenvalue weighted by Gasteiger charge is 2.18. The smallest absolute Gasteiger partial charge is 0.323 e. The average molecular weight is 255 g/mol. The Morgan fingerprint density at radius 2 is 2.00 bits per heavy atom. The molecule has 0 aliphatic heterocycles. The zero-order valence-corrected chi connectivity index (χ0v) is 11.3. The molecule has 7 nitrogen and oxygen atoms in total. The summed E-state index contributed by atoms with van der Waals surface area (Å²) in [6, 6.07) is 0.210. The normalized spacial score (nSPS) is 11.4. The van der Waals surface area contributed by atoms with E-state index in [4.69, 9.17) is 10.5 Å². The third kappa shape index (κ3) is 4.70. The van der Waals surface area contributed by atoms with Crippen LogP contribution < -0.4 is 15.4 Å². The van der Waals surface area contributed by atoms with Gasteiger partial charge in [0.05, 0.1) is 12.2 Å². The fraction of sp³-hybridized carbons (Fsp3) is 0.727. The van der Waals surface area contributed by atoms with Gasteiger partial charge in [0.1, 0.15) is 0 Å². The molecule has 0 aliphatic carbocycles. The lowest BCUT2D eigenvalue weighted by Gasteiger charge is -2.25. The third-order valence-corrected chi connectivity index (χ3v) is 2.02. The Kier molecular flexibility index (Phi) is 4.66. The molecule has 0 saturated heterocycles. The maximum atomic E-state index is 9.75. The Hall–Kier alpha value is -1.63. The molecule has 0 bridgehead atoms. The maximum absolute atomic E-state index is 9.75. The van der Waals surface area contributed by atoms with Gasteiger partial charge in [-0.05, 0) is 20.3 Å². The van der Waals surface area contributed by atoms with E-state index in [1.54, 1.807) is 25.8 Å². The summed E-state index contributed by atoms with van der Waals surface area (Å²) in [5, 5.41) is 9.75. The molecule has 18 heavy (non-hydrogen) atoms. The minimum Gasteiger partial charge on any atom is -0.463 e. The topological polar surface area (TPSA) is 97.4 Å². The second-order valence-corrected chi connectivity index (χ2v) is 4.79. The zero-order valence-electron chi connectivity index (χ0n) is 11.3. The predicted octanol–water partition coefficient (Wildman–Crippen LogP) is 0.450. The summed E-state index contributed by atoms with van der Waals surface area (Å²) in [4.78, 5) is 13.8. The number of nitrogen functional groups attached to an aromatic ring is 1. The van der Waals surface area contributed by atoms with Crippen LogP contribution in [-0.2, 0) is 0 Å². The quantitative estimate of drug-likeness (QED) is 0.761. The molecule has 0 unspecified atom stereocenters. The third-order valence-electron chi connectivity index (χ3n) is 2.02. The van der Waals surface area contributed by atoms with Crippen LogP contribution in [0.15, 0.2) is 0 Å². The first-order chi connectivity index (χ1) is 8.31. The first-order valence-electron chi connectivity index (χ1n) is 5.89. The van der Waals surface area contributed by atoms with Gasteiger partial charge < -0.3 is 20.5 Å². The van der Waals surface area contributed by atoms with Crippen molar-refractivity contribution < 1.29 is 9.84 Å². The van der Waals surface area contributed by atoms with E-state index in [-0.39, 0.29) is 12.0 Å². The molecule has 0 saturated carbocycles. The Balaban J connectivity index is 2.84. The number of aliphatic hydroxyl groups is 1. The molecule has 102 valence electrons. The monoisotopic (exact) mass is 255 g/mol. The fourth-order valence-corrected chi connectivity index (χ4v) is 1.44. The lowest BCUT2D eigenvalue weighted by molar-refractivity contribution is 0.0882. The largest absolute Gasteiger partial charge is 0.463 e. The standard InChI is InChI=1S/C11H21N5O2/c1-5-6-18-10-14-8(12)13-9(15-10)16(4)7-11(2,3)17/h17H,5-7H2,1-4H3,(H2,12,13,14,15). The van der Waals surface area contributed by atoms with Crippen LogP contribution >= 0.6 is 0 Å². The van der Waals surface area contributed by atoms with Crippen molar-refractivity contribution in [2.45, 2.75) is 32.8 Å². The van der Waals surface area contributed by atoms with Crippen LogP contribution in [-0.4, -0.2) is 45.9 Å². The number of nitrogens with zero attached hydrogens (tertiary/aromatic N) is 4. The summed E-state index contributed by atoms with van der Waals surface area (Å²) in [6.45, 7) is 6.32. The van der Waals surface area contributed by atoms with Gasteiger partial charge in [-0.25, -0.2) is 0 Å². The van der Waals surface area contributed by atoms with Crippen molar-refractivity contribution in [3.05, 3.63) is 0 Å². The Morgan fingerprint density at radius 1 is 1.33 bits per heavy atom. The molecule has 7 heteroatoms. The summed E-state index contributed by atoms with van der Waals surface area (Å²) >= 11 is 0. The van der Waals surface area contributed by atoms with Gasteiger partial charge in [0, 0.05) is 13.6 Å². The SMILES string of the molecule is CCCOc1nc(N)nc(N(C)CC(C)(C)O)n1. The molecule has 1 aromatic rings. The van der Waals surface area contributed by atoms with Crippen molar-refractivity contribution in [2.24, 2.45) is 0 Å². The lowest BCUT2D eigenvalue weighted by atomic mass is 10.1. The number of anilines is 2. The summed E-state index contributed by atoms with van der Waals surface area (Å²) in [6.07, 6.45) is 0.862. The predicted molar refractivity (Wildman–Crippen MR) is 69.6 cm³/mol. The van der Waals surface area contributed by atoms with E-state index in [2.05, 4.69) is 15.0 Å². The van der Waals surface area contributed by atoms with Crippen molar-refractivity contribution in [2.75, 3.05) is 30.8 Å². The van der Waals surface area contributed by atoms with Crippen molar-refractivity contribution in [1.29, 1.82) is 0 Å². The zero-order chi connectivity index (χ0) is 13.8. The van der Waals surface area contributed by atoms with Crippen LogP contribution in [0.1, 0.15) is 27.2 Å². The van der Waals surface area contributed by atoms with Gasteiger partial charge in [-0.15, -0.1) is 0 Å². The van der Waals surface area contributed by atoms with Crippen LogP contribution in [0, 0.1) is 0 Å². The van der Waals surface area contributed by atoms with Crippen molar-refractivity contribution in [3.8, 4) is 6.01 Å². The highest BCUT2D eigenvalue weighted by atomic mass is 16.5. The highest BCUT2D eigenvalue weighted by Crippen LogP contribution is 2.14. The Labute approximate surface area is 107 Å². The number of likely N-dealkylation sites (N-methyl/N-ethyl adjacent to an activating group) is 1. The molecular weight excluding hydrogens is 234 g/mol. The second-order valence-electron chi connectivity index (χ2n) is 4.79. The van der Waals surface area contributed by atoms with E-state index >= 15 is 0 Å². The van der Waals surface area contributed by atoms with Gasteiger partial charge >= 0.3 is 6.01 Å². The van der Waals surface area contributed by atoms with E-state index in [0.29, 0.717) is 19.1 Å². The minimum absolute atomic E-state index is 0.105. The highest BCUT2D eigenvalue weighted by molar-refractivity contribution is 5.35. The molecule has 3 N–H and O–H groups in total. The number of ether oxygens (including phenoxy) is 1. The molecule has 0 aliphatic rings. The number of nitrogens with two attached hydrogens (primary N) is 1. The van der Waals surface area contributed by atoms with Crippen LogP contribution in [0.25, 0.3) is 0 Å². The van der Waals surface area contributed by atoms with Crippen molar-refractivity contribution in [3.63, 3.8) is 0 Å². The number of aromatic nitrogens is 3. The van der Waals surface area contributed by atoms with Crippen molar-refractivity contribution in [1.82, 2.24) is 15.0 Å². The van der Waals surface area contributed by atoms with Crippen LogP contribution in [0.2, 0.25) is 0 Å². The van der Waals surface area contributed by atoms with Gasteiger partial charge in [-0.2, -0.15) is 15.0 Å². The molecule has 0 radical (unpaired) electrons. The Bertz CT molecular complexity index is 392. The molecule has 1 rings (SSSR count). The summed E-state index contributed by atoms with van der Waals surface area (Å²) < 4.78 is 5.33. The molecule has 0 spiro atoms. The van der Waals surface area contributed by atoms with Crippen LogP contribution in [0.5, 0.6) is 6.01 Å². The summed E-state index contributed by atoms with van der Waals surface area (Å²) in [5.74, 6) is 0.490. The van der Waals surface area contributed by atoms with Gasteiger partial charge in [0.2, 0.25) is 11.9 Å². The van der Waals surface area contributed by atoms with Crippen LogP contribution in [0.4, 0.5) is 11.9 Å². The van der Waals surface area contributed by atoms with E-state index in [1.165, 1.54) is 0 Å². The maximum Gasteiger partial charge on any atom is 0.323 e. The Morgan fingerprint density at radius 3 is 2.56 bits per heavy atom. The average Bonchev–Trinajstić information content (AvgIpc) is 2.23. The molecule has 0 amide bonds. The summed E-state index contributed by atoms with van der Waals surface area (Å²) in [5.41, 5.74) is 4.75.